The van der Waals surface area contributed by atoms with E-state index in [9.17, 15) is 79.7 Å². The zero-order chi connectivity index (χ0) is 48.7. The van der Waals surface area contributed by atoms with Crippen molar-refractivity contribution in [2.45, 2.75) is 36.6 Å². The first-order valence-corrected chi connectivity index (χ1v) is 18.8. The SMILES string of the molecule is O=C(OC1[C@@H](OC(=O)c2ccc([N+](=O)[O-])cc2)[C@H](OC(=O)c2ccc([N+](=O)[O-])cc2)C(O)[C@H](OC(=O)c2ccc([N+](=O)[O-])cc2)[C@H]1OC(=O)c1ccc([N+](=O)[O-])cc1)c1ccc([N+](=O)[O-])cc1. The van der Waals surface area contributed by atoms with Crippen LogP contribution >= 0.6 is 0 Å². The van der Waals surface area contributed by atoms with E-state index in [1.807, 2.05) is 0 Å². The Morgan fingerprint density at radius 3 is 0.627 bits per heavy atom. The molecule has 0 heterocycles. The molecule has 342 valence electrons. The van der Waals surface area contributed by atoms with Gasteiger partial charge in [0.1, 0.15) is 6.10 Å². The summed E-state index contributed by atoms with van der Waals surface area (Å²) in [6.45, 7) is 0. The van der Waals surface area contributed by atoms with Crippen LogP contribution in [0, 0.1) is 50.6 Å². The lowest BCUT2D eigenvalue weighted by Gasteiger charge is -2.46. The third kappa shape index (κ3) is 10.8. The third-order valence-corrected chi connectivity index (χ3v) is 9.75. The number of benzene rings is 5. The molecule has 1 N–H and O–H groups in total. The fourth-order valence-electron chi connectivity index (χ4n) is 6.37. The summed E-state index contributed by atoms with van der Waals surface area (Å²) in [7, 11) is 0. The van der Waals surface area contributed by atoms with Gasteiger partial charge in [-0.1, -0.05) is 0 Å². The minimum absolute atomic E-state index is 0.427. The predicted molar refractivity (Wildman–Crippen MR) is 218 cm³/mol. The molecule has 1 fully saturated rings. The number of aliphatic hydroxyl groups excluding tert-OH is 1. The fourth-order valence-corrected chi connectivity index (χ4v) is 6.37. The topological polar surface area (TPSA) is 367 Å². The van der Waals surface area contributed by atoms with Crippen molar-refractivity contribution in [2.75, 3.05) is 0 Å². The van der Waals surface area contributed by atoms with Gasteiger partial charge in [0.25, 0.3) is 28.4 Å². The molecular weight excluding hydrogens is 898 g/mol. The Bertz CT molecular complexity index is 2630. The quantitative estimate of drug-likeness (QED) is 0.0622. The number of non-ortho nitro benzene ring substituents is 5. The van der Waals surface area contributed by atoms with Crippen molar-refractivity contribution in [1.82, 2.24) is 0 Å². The second kappa shape index (κ2) is 19.8. The van der Waals surface area contributed by atoms with Gasteiger partial charge in [0.05, 0.1) is 52.4 Å². The Balaban J connectivity index is 1.51. The van der Waals surface area contributed by atoms with E-state index in [2.05, 4.69) is 0 Å². The van der Waals surface area contributed by atoms with Crippen LogP contribution in [-0.2, 0) is 23.7 Å². The van der Waals surface area contributed by atoms with Gasteiger partial charge in [-0.25, -0.2) is 24.0 Å². The van der Waals surface area contributed by atoms with Crippen LogP contribution in [0.4, 0.5) is 28.4 Å². The lowest BCUT2D eigenvalue weighted by atomic mass is 9.83. The van der Waals surface area contributed by atoms with E-state index in [0.717, 1.165) is 121 Å². The molecular formula is C41H27N5O21. The summed E-state index contributed by atoms with van der Waals surface area (Å²) in [5.41, 5.74) is -4.57. The van der Waals surface area contributed by atoms with Gasteiger partial charge in [-0.3, -0.25) is 50.6 Å². The maximum atomic E-state index is 14.0. The van der Waals surface area contributed by atoms with Gasteiger partial charge in [-0.15, -0.1) is 0 Å². The van der Waals surface area contributed by atoms with Crippen LogP contribution < -0.4 is 0 Å². The fraction of sp³-hybridized carbons (Fsp3) is 0.146. The van der Waals surface area contributed by atoms with E-state index in [0.29, 0.717) is 0 Å². The summed E-state index contributed by atoms with van der Waals surface area (Å²) in [6.07, 6.45) is -14.3. The Kier molecular flexibility index (Phi) is 13.9. The van der Waals surface area contributed by atoms with Crippen molar-refractivity contribution in [2.24, 2.45) is 0 Å². The molecule has 1 aliphatic rings. The first kappa shape index (κ1) is 46.9. The number of hydrogen-bond donors (Lipinski definition) is 1. The van der Waals surface area contributed by atoms with Gasteiger partial charge < -0.3 is 28.8 Å². The first-order chi connectivity index (χ1) is 31.8. The van der Waals surface area contributed by atoms with Crippen molar-refractivity contribution in [3.8, 4) is 0 Å². The molecule has 0 radical (unpaired) electrons. The van der Waals surface area contributed by atoms with Gasteiger partial charge in [0.2, 0.25) is 0 Å². The van der Waals surface area contributed by atoms with Crippen LogP contribution in [0.15, 0.2) is 121 Å². The molecule has 26 nitrogen and oxygen atoms in total. The molecule has 67 heavy (non-hydrogen) atoms. The lowest BCUT2D eigenvalue weighted by molar-refractivity contribution is -0.385. The maximum Gasteiger partial charge on any atom is 0.338 e. The second-order valence-corrected chi connectivity index (χ2v) is 13.9. The molecule has 26 heteroatoms. The summed E-state index contributed by atoms with van der Waals surface area (Å²) in [6, 6.07) is 18.2. The Labute approximate surface area is 371 Å². The van der Waals surface area contributed by atoms with Gasteiger partial charge in [-0.2, -0.15) is 0 Å². The highest BCUT2D eigenvalue weighted by atomic mass is 16.7. The van der Waals surface area contributed by atoms with Gasteiger partial charge in [0.15, 0.2) is 30.5 Å². The van der Waals surface area contributed by atoms with Crippen LogP contribution in [0.2, 0.25) is 0 Å². The monoisotopic (exact) mass is 925 g/mol. The minimum atomic E-state index is -2.50. The van der Waals surface area contributed by atoms with E-state index in [1.54, 1.807) is 0 Å². The largest absolute Gasteiger partial charge is 0.452 e. The van der Waals surface area contributed by atoms with Crippen LogP contribution in [0.3, 0.4) is 0 Å². The van der Waals surface area contributed by atoms with Crippen molar-refractivity contribution in [3.63, 3.8) is 0 Å². The van der Waals surface area contributed by atoms with Crippen molar-refractivity contribution < 1.29 is 77.4 Å². The molecule has 0 amide bonds. The number of ether oxygens (including phenoxy) is 5. The van der Waals surface area contributed by atoms with Crippen molar-refractivity contribution in [1.29, 1.82) is 0 Å². The average molecular weight is 926 g/mol. The summed E-state index contributed by atoms with van der Waals surface area (Å²) < 4.78 is 28.4. The Morgan fingerprint density at radius 1 is 0.313 bits per heavy atom. The van der Waals surface area contributed by atoms with E-state index in [4.69, 9.17) is 23.7 Å². The molecule has 0 aliphatic heterocycles. The van der Waals surface area contributed by atoms with Gasteiger partial charge in [-0.05, 0) is 60.7 Å². The Hall–Kier alpha value is -9.59. The van der Waals surface area contributed by atoms with E-state index in [1.165, 1.54) is 0 Å². The molecule has 0 saturated heterocycles. The zero-order valence-corrected chi connectivity index (χ0v) is 33.4. The standard InChI is InChI=1S/C41H27N5O21/c47-31-32(63-37(48)21-1-11-26(12-2-21)42(53)54)34(65-39(50)23-5-15-28(16-6-23)44(57)58)36(67-41(52)25-9-19-30(20-10-25)46(61)62)35(66-40(51)24-7-17-29(18-8-24)45(59)60)33(31)64-38(49)22-3-13-27(14-4-22)43(55)56/h1-20,31-36,47H/t31?,32-,33+,34+,35-,36?. The van der Waals surface area contributed by atoms with Gasteiger partial charge in [0, 0.05) is 60.7 Å². The van der Waals surface area contributed by atoms with Crippen LogP contribution in [0.25, 0.3) is 0 Å². The maximum absolute atomic E-state index is 14.0. The first-order valence-electron chi connectivity index (χ1n) is 18.8. The number of esters is 5. The molecule has 1 saturated carbocycles. The third-order valence-electron chi connectivity index (χ3n) is 9.75. The summed E-state index contributed by atoms with van der Waals surface area (Å²) >= 11 is 0. The highest BCUT2D eigenvalue weighted by Crippen LogP contribution is 2.35. The second-order valence-electron chi connectivity index (χ2n) is 13.9. The molecule has 6 atom stereocenters. The molecule has 0 aromatic heterocycles. The van der Waals surface area contributed by atoms with Gasteiger partial charge >= 0.3 is 29.8 Å². The number of hydrogen-bond acceptors (Lipinski definition) is 21. The number of aliphatic hydroxyl groups is 1. The van der Waals surface area contributed by atoms with E-state index in [-0.39, 0.29) is 0 Å². The summed E-state index contributed by atoms with van der Waals surface area (Å²) in [5, 5.41) is 68.8. The number of nitrogens with zero attached hydrogens (tertiary/aromatic N) is 5. The molecule has 5 aromatic rings. The van der Waals surface area contributed by atoms with Crippen molar-refractivity contribution in [3.05, 3.63) is 200 Å². The van der Waals surface area contributed by atoms with Crippen LogP contribution in [0.5, 0.6) is 0 Å². The minimum Gasteiger partial charge on any atom is -0.452 e. The molecule has 6 rings (SSSR count). The number of carbonyl (C=O) groups excluding carboxylic acids is 5. The molecule has 2 unspecified atom stereocenters. The zero-order valence-electron chi connectivity index (χ0n) is 33.4. The number of rotatable bonds is 15. The predicted octanol–water partition coefficient (Wildman–Crippen LogP) is 5.03. The van der Waals surface area contributed by atoms with Crippen molar-refractivity contribution >= 4 is 58.3 Å². The smallest absolute Gasteiger partial charge is 0.338 e. The molecule has 0 bridgehead atoms. The summed E-state index contributed by atoms with van der Waals surface area (Å²) in [5.74, 6) is -7.07. The number of nitro benzene ring substituents is 5. The number of carbonyl (C=O) groups is 5. The van der Waals surface area contributed by atoms with Crippen LogP contribution in [0.1, 0.15) is 51.8 Å². The Morgan fingerprint density at radius 2 is 0.463 bits per heavy atom. The molecule has 5 aromatic carbocycles. The molecule has 0 spiro atoms. The highest BCUT2D eigenvalue weighted by Gasteiger charge is 2.60. The van der Waals surface area contributed by atoms with E-state index < -0.39 is 147 Å². The number of nitro groups is 5. The highest BCUT2D eigenvalue weighted by molar-refractivity contribution is 5.93. The average Bonchev–Trinajstić information content (AvgIpc) is 3.32. The normalized spacial score (nSPS) is 18.5. The lowest BCUT2D eigenvalue weighted by Crippen LogP contribution is -2.68. The molecule has 1 aliphatic carbocycles. The van der Waals surface area contributed by atoms with E-state index >= 15 is 0 Å². The summed E-state index contributed by atoms with van der Waals surface area (Å²) in [4.78, 5) is 122. The van der Waals surface area contributed by atoms with Crippen LogP contribution in [-0.4, -0.2) is 96.2 Å².